The monoisotopic (exact) mass is 272 g/mol. The molecule has 18 heavy (non-hydrogen) atoms. The number of aromatic nitrogens is 4. The Kier molecular flexibility index (Phi) is 1.96. The van der Waals surface area contributed by atoms with Gasteiger partial charge in [0.1, 0.15) is 22.1 Å². The summed E-state index contributed by atoms with van der Waals surface area (Å²) in [6.45, 7) is 4.19. The lowest BCUT2D eigenvalue weighted by atomic mass is 9.98. The van der Waals surface area contributed by atoms with Crippen LogP contribution in [0.5, 0.6) is 0 Å². The Labute approximate surface area is 111 Å². The number of hydrogen-bond donors (Lipinski definition) is 0. The molecule has 0 fully saturated rings. The summed E-state index contributed by atoms with van der Waals surface area (Å²) in [4.78, 5) is 0. The molecule has 0 unspecified atom stereocenters. The van der Waals surface area contributed by atoms with Gasteiger partial charge in [-0.2, -0.15) is 17.5 Å². The van der Waals surface area contributed by atoms with Crippen molar-refractivity contribution < 1.29 is 0 Å². The molecule has 0 saturated carbocycles. The van der Waals surface area contributed by atoms with Crippen LogP contribution in [0.1, 0.15) is 11.1 Å². The Morgan fingerprint density at radius 1 is 0.722 bits per heavy atom. The van der Waals surface area contributed by atoms with Crippen molar-refractivity contribution in [3.8, 4) is 0 Å². The molecule has 0 amide bonds. The highest BCUT2D eigenvalue weighted by molar-refractivity contribution is 7.00. The summed E-state index contributed by atoms with van der Waals surface area (Å²) in [7, 11) is 0. The zero-order valence-corrected chi connectivity index (χ0v) is 11.4. The average Bonchev–Trinajstić information content (AvgIpc) is 2.95. The summed E-state index contributed by atoms with van der Waals surface area (Å²) < 4.78 is 17.5. The Hall–Kier alpha value is -1.66. The number of fused-ring (bicyclic) bond motifs is 5. The van der Waals surface area contributed by atoms with E-state index in [1.807, 2.05) is 0 Å². The lowest BCUT2D eigenvalue weighted by Gasteiger charge is -2.06. The molecule has 6 heteroatoms. The molecule has 0 aliphatic heterocycles. The van der Waals surface area contributed by atoms with E-state index in [0.29, 0.717) is 0 Å². The van der Waals surface area contributed by atoms with Crippen LogP contribution < -0.4 is 0 Å². The summed E-state index contributed by atoms with van der Waals surface area (Å²) in [5, 5.41) is 2.33. The third-order valence-electron chi connectivity index (χ3n) is 3.25. The van der Waals surface area contributed by atoms with Gasteiger partial charge in [-0.25, -0.2) is 0 Å². The van der Waals surface area contributed by atoms with Gasteiger partial charge in [-0.15, -0.1) is 0 Å². The number of nitrogens with zero attached hydrogens (tertiary/aromatic N) is 4. The quantitative estimate of drug-likeness (QED) is 0.492. The van der Waals surface area contributed by atoms with E-state index in [1.54, 1.807) is 0 Å². The van der Waals surface area contributed by atoms with Crippen LogP contribution in [0.25, 0.3) is 32.8 Å². The van der Waals surface area contributed by atoms with E-state index in [2.05, 4.69) is 43.5 Å². The molecule has 88 valence electrons. The second kappa shape index (κ2) is 3.43. The first-order valence-corrected chi connectivity index (χ1v) is 6.99. The second-order valence-electron chi connectivity index (χ2n) is 4.40. The Morgan fingerprint density at radius 3 is 1.61 bits per heavy atom. The van der Waals surface area contributed by atoms with Gasteiger partial charge in [0.05, 0.1) is 23.5 Å². The first-order valence-electron chi connectivity index (χ1n) is 5.53. The van der Waals surface area contributed by atoms with E-state index < -0.39 is 0 Å². The van der Waals surface area contributed by atoms with E-state index in [-0.39, 0.29) is 0 Å². The van der Waals surface area contributed by atoms with Gasteiger partial charge in [0.15, 0.2) is 0 Å². The fourth-order valence-corrected chi connectivity index (χ4v) is 3.56. The summed E-state index contributed by atoms with van der Waals surface area (Å²) in [5.74, 6) is 0. The minimum atomic E-state index is 0.968. The van der Waals surface area contributed by atoms with Crippen molar-refractivity contribution in [1.29, 1.82) is 0 Å². The third-order valence-corrected chi connectivity index (χ3v) is 4.33. The largest absolute Gasteiger partial charge is 0.173 e. The van der Waals surface area contributed by atoms with Crippen molar-refractivity contribution in [2.24, 2.45) is 0 Å². The van der Waals surface area contributed by atoms with Crippen molar-refractivity contribution in [1.82, 2.24) is 17.5 Å². The van der Waals surface area contributed by atoms with E-state index in [4.69, 9.17) is 0 Å². The fraction of sp³-hybridized carbons (Fsp3) is 0.167. The topological polar surface area (TPSA) is 51.6 Å². The van der Waals surface area contributed by atoms with Gasteiger partial charge in [-0.1, -0.05) is 0 Å². The number of aryl methyl sites for hydroxylation is 2. The maximum atomic E-state index is 4.43. The number of hydrogen-bond acceptors (Lipinski definition) is 6. The molecule has 0 N–H and O–H groups in total. The molecule has 2 aromatic carbocycles. The van der Waals surface area contributed by atoms with Crippen LogP contribution in [0, 0.1) is 13.8 Å². The van der Waals surface area contributed by atoms with Crippen LogP contribution in [0.15, 0.2) is 12.1 Å². The van der Waals surface area contributed by atoms with Gasteiger partial charge in [0.2, 0.25) is 0 Å². The molecule has 0 bridgehead atoms. The van der Waals surface area contributed by atoms with Gasteiger partial charge >= 0.3 is 0 Å². The van der Waals surface area contributed by atoms with Gasteiger partial charge in [-0.05, 0) is 37.1 Å². The van der Waals surface area contributed by atoms with Crippen LogP contribution >= 0.6 is 23.5 Å². The van der Waals surface area contributed by atoms with Gasteiger partial charge in [0, 0.05) is 10.8 Å². The molecule has 0 aliphatic rings. The van der Waals surface area contributed by atoms with Crippen molar-refractivity contribution >= 4 is 56.3 Å². The predicted molar refractivity (Wildman–Crippen MR) is 75.4 cm³/mol. The standard InChI is InChI=1S/C12H8N4S2/c1-5-3-7-12(16-17-13-7)10-6(2)4-8-11(9(5)10)15-18-14-8/h3-4H,1-2H3. The van der Waals surface area contributed by atoms with E-state index >= 15 is 0 Å². The van der Waals surface area contributed by atoms with Crippen LogP contribution in [0.3, 0.4) is 0 Å². The highest BCUT2D eigenvalue weighted by Crippen LogP contribution is 2.34. The van der Waals surface area contributed by atoms with Crippen LogP contribution in [-0.2, 0) is 0 Å². The van der Waals surface area contributed by atoms with Crippen molar-refractivity contribution in [3.05, 3.63) is 23.3 Å². The van der Waals surface area contributed by atoms with Gasteiger partial charge < -0.3 is 0 Å². The molecule has 4 rings (SSSR count). The molecule has 0 radical (unpaired) electrons. The van der Waals surface area contributed by atoms with Crippen molar-refractivity contribution in [2.45, 2.75) is 13.8 Å². The fourth-order valence-electron chi connectivity index (χ4n) is 2.49. The summed E-state index contributed by atoms with van der Waals surface area (Å²) in [6.07, 6.45) is 0. The van der Waals surface area contributed by atoms with Crippen molar-refractivity contribution in [2.75, 3.05) is 0 Å². The molecule has 2 aromatic heterocycles. The van der Waals surface area contributed by atoms with Crippen LogP contribution in [0.4, 0.5) is 0 Å². The highest BCUT2D eigenvalue weighted by atomic mass is 32.1. The number of benzene rings is 2. The highest BCUT2D eigenvalue weighted by Gasteiger charge is 2.15. The van der Waals surface area contributed by atoms with Crippen LogP contribution in [0.2, 0.25) is 0 Å². The Morgan fingerprint density at radius 2 is 1.17 bits per heavy atom. The number of rotatable bonds is 0. The minimum absolute atomic E-state index is 0.968. The zero-order valence-electron chi connectivity index (χ0n) is 9.76. The van der Waals surface area contributed by atoms with Crippen LogP contribution in [-0.4, -0.2) is 17.5 Å². The van der Waals surface area contributed by atoms with E-state index in [0.717, 1.165) is 22.1 Å². The first kappa shape index (κ1) is 10.3. The molecule has 0 atom stereocenters. The lowest BCUT2D eigenvalue weighted by molar-refractivity contribution is 1.49. The molecule has 0 aliphatic carbocycles. The summed E-state index contributed by atoms with van der Waals surface area (Å²) >= 11 is 2.52. The molecule has 0 spiro atoms. The molecular weight excluding hydrogens is 264 g/mol. The Bertz CT molecular complexity index is 831. The molecule has 2 heterocycles. The van der Waals surface area contributed by atoms with Crippen molar-refractivity contribution in [3.63, 3.8) is 0 Å². The van der Waals surface area contributed by atoms with Gasteiger partial charge in [-0.3, -0.25) is 0 Å². The van der Waals surface area contributed by atoms with E-state index in [1.165, 1.54) is 45.4 Å². The zero-order chi connectivity index (χ0) is 12.3. The average molecular weight is 272 g/mol. The second-order valence-corrected chi connectivity index (χ2v) is 5.46. The molecule has 4 nitrogen and oxygen atoms in total. The van der Waals surface area contributed by atoms with Gasteiger partial charge in [0.25, 0.3) is 0 Å². The predicted octanol–water partition coefficient (Wildman–Crippen LogP) is 3.47. The minimum Gasteiger partial charge on any atom is -0.173 e. The summed E-state index contributed by atoms with van der Waals surface area (Å²) in [6, 6.07) is 4.17. The SMILES string of the molecule is Cc1cc2nsnc2c2c(C)cc3nsnc3c12. The smallest absolute Gasteiger partial charge is 0.112 e. The molecule has 0 saturated heterocycles. The maximum Gasteiger partial charge on any atom is 0.112 e. The first-order chi connectivity index (χ1) is 8.75. The van der Waals surface area contributed by atoms with E-state index in [9.17, 15) is 0 Å². The molecule has 4 aromatic rings. The Balaban J connectivity index is 2.45. The third kappa shape index (κ3) is 1.19. The summed E-state index contributed by atoms with van der Waals surface area (Å²) in [5.41, 5.74) is 6.27. The lowest BCUT2D eigenvalue weighted by Crippen LogP contribution is -1.87. The molecular formula is C12H8N4S2. The normalized spacial score (nSPS) is 11.9. The maximum absolute atomic E-state index is 4.43.